The number of benzene rings is 1. The fraction of sp³-hybridized carbons (Fsp3) is 0.667. The third-order valence-corrected chi connectivity index (χ3v) is 7.43. The van der Waals surface area contributed by atoms with Gasteiger partial charge in [-0.25, -0.2) is 9.59 Å². The largest absolute Gasteiger partial charge is 0.497 e. The van der Waals surface area contributed by atoms with Gasteiger partial charge < -0.3 is 39.6 Å². The number of esters is 1. The average Bonchev–Trinajstić information content (AvgIpc) is 2.94. The van der Waals surface area contributed by atoms with Gasteiger partial charge in [-0.1, -0.05) is 37.7 Å². The molecule has 1 aromatic rings. The molecular formula is C33H51N3O10S. The molecule has 1 aliphatic rings. The topological polar surface area (TPSA) is 168 Å². The van der Waals surface area contributed by atoms with Gasteiger partial charge in [-0.2, -0.15) is 0 Å². The molecule has 13 nitrogen and oxygen atoms in total. The van der Waals surface area contributed by atoms with Crippen molar-refractivity contribution < 1.29 is 47.7 Å². The molecule has 1 aliphatic heterocycles. The third kappa shape index (κ3) is 15.4. The fourth-order valence-electron chi connectivity index (χ4n) is 4.31. The van der Waals surface area contributed by atoms with E-state index < -0.39 is 47.1 Å². The maximum atomic E-state index is 13.0. The maximum Gasteiger partial charge on any atom is 0.408 e. The van der Waals surface area contributed by atoms with Gasteiger partial charge in [0, 0.05) is 43.5 Å². The molecule has 3 amide bonds. The van der Waals surface area contributed by atoms with Crippen molar-refractivity contribution >= 4 is 40.8 Å². The van der Waals surface area contributed by atoms with Gasteiger partial charge in [0.05, 0.1) is 13.7 Å². The Labute approximate surface area is 281 Å². The monoisotopic (exact) mass is 681 g/mol. The van der Waals surface area contributed by atoms with Crippen LogP contribution in [0.5, 0.6) is 5.75 Å². The molecule has 0 saturated carbocycles. The lowest BCUT2D eigenvalue weighted by atomic mass is 9.85. The minimum absolute atomic E-state index is 0.0316. The number of methoxy groups -OCH3 is 1. The summed E-state index contributed by atoms with van der Waals surface area (Å²) in [5.74, 6) is -0.404. The lowest BCUT2D eigenvalue weighted by Crippen LogP contribution is -2.54. The summed E-state index contributed by atoms with van der Waals surface area (Å²) in [5.41, 5.74) is -1.21. The molecule has 1 heterocycles. The van der Waals surface area contributed by atoms with Crippen molar-refractivity contribution in [2.24, 2.45) is 5.41 Å². The predicted octanol–water partition coefficient (Wildman–Crippen LogP) is 3.51. The molecule has 0 aliphatic carbocycles. The summed E-state index contributed by atoms with van der Waals surface area (Å²) in [4.78, 5) is 62.9. The number of amides is 3. The number of nitrogens with one attached hydrogen (secondary N) is 3. The Bertz CT molecular complexity index is 1220. The highest BCUT2D eigenvalue weighted by molar-refractivity contribution is 8.13. The van der Waals surface area contributed by atoms with Crippen molar-refractivity contribution in [3.05, 3.63) is 29.8 Å². The summed E-state index contributed by atoms with van der Waals surface area (Å²) >= 11 is 0.914. The van der Waals surface area contributed by atoms with Gasteiger partial charge in [-0.15, -0.1) is 0 Å². The summed E-state index contributed by atoms with van der Waals surface area (Å²) in [5, 5.41) is 7.54. The van der Waals surface area contributed by atoms with Crippen LogP contribution in [0.4, 0.5) is 4.79 Å². The quantitative estimate of drug-likeness (QED) is 0.194. The van der Waals surface area contributed by atoms with Crippen molar-refractivity contribution in [1.82, 2.24) is 16.0 Å². The van der Waals surface area contributed by atoms with Crippen molar-refractivity contribution in [3.8, 4) is 5.75 Å². The second kappa shape index (κ2) is 17.7. The fourth-order valence-corrected chi connectivity index (χ4v) is 5.03. The first-order valence-electron chi connectivity index (χ1n) is 15.6. The number of ether oxygens (including phenoxy) is 5. The first-order valence-corrected chi connectivity index (χ1v) is 16.6. The van der Waals surface area contributed by atoms with E-state index in [1.54, 1.807) is 48.7 Å². The predicted molar refractivity (Wildman–Crippen MR) is 177 cm³/mol. The zero-order chi connectivity index (χ0) is 35.4. The van der Waals surface area contributed by atoms with Crippen molar-refractivity contribution in [2.45, 2.75) is 104 Å². The minimum atomic E-state index is -1.23. The normalized spacial score (nSPS) is 18.3. The van der Waals surface area contributed by atoms with Gasteiger partial charge >= 0.3 is 12.1 Å². The molecule has 14 heteroatoms. The lowest BCUT2D eigenvalue weighted by molar-refractivity contribution is -0.253. The van der Waals surface area contributed by atoms with E-state index in [1.165, 1.54) is 0 Å². The molecule has 0 aromatic heterocycles. The van der Waals surface area contributed by atoms with E-state index in [4.69, 9.17) is 23.7 Å². The average molecular weight is 682 g/mol. The summed E-state index contributed by atoms with van der Waals surface area (Å²) in [6.07, 6.45) is -2.02. The second-order valence-electron chi connectivity index (χ2n) is 13.8. The Kier molecular flexibility index (Phi) is 15.0. The molecule has 0 radical (unpaired) electrons. The zero-order valence-corrected chi connectivity index (χ0v) is 29.8. The van der Waals surface area contributed by atoms with Crippen LogP contribution in [0.15, 0.2) is 24.3 Å². The molecular weight excluding hydrogens is 630 g/mol. The molecule has 47 heavy (non-hydrogen) atoms. The van der Waals surface area contributed by atoms with E-state index in [2.05, 4.69) is 16.0 Å². The standard InChI is InChI=1S/C33H51N3O10S/c1-31(2,3)45-29(40)23(36-30(41)46-32(4,5)6)19-25(38)47-17-16-34-24(37)14-15-35-28(39)27-33(7,8)20-43-26(44-27)18-21-10-12-22(42-9)13-11-21/h10-13,23,26-27H,14-20H2,1-9H3,(H,34,37)(H,35,39)(H,36,41)/t23-,26?,27-/m0/s1. The van der Waals surface area contributed by atoms with E-state index in [9.17, 15) is 24.0 Å². The van der Waals surface area contributed by atoms with Crippen LogP contribution < -0.4 is 20.7 Å². The molecule has 1 aromatic carbocycles. The third-order valence-electron chi connectivity index (χ3n) is 6.53. The van der Waals surface area contributed by atoms with Gasteiger partial charge in [-0.05, 0) is 59.2 Å². The molecule has 3 N–H and O–H groups in total. The SMILES string of the molecule is COc1ccc(CC2OCC(C)(C)[C@H](C(=O)NCCC(=O)NCCSC(=O)C[C@H](NC(=O)OC(C)(C)C)C(=O)OC(C)(C)C)O2)cc1. The molecule has 264 valence electrons. The van der Waals surface area contributed by atoms with E-state index in [-0.39, 0.29) is 48.6 Å². The van der Waals surface area contributed by atoms with Gasteiger partial charge in [-0.3, -0.25) is 14.4 Å². The van der Waals surface area contributed by atoms with E-state index in [0.717, 1.165) is 23.1 Å². The Morgan fingerprint density at radius 2 is 1.60 bits per heavy atom. The highest BCUT2D eigenvalue weighted by Gasteiger charge is 2.42. The molecule has 1 saturated heterocycles. The number of carbonyl (C=O) groups is 5. The van der Waals surface area contributed by atoms with E-state index >= 15 is 0 Å². The second-order valence-corrected chi connectivity index (χ2v) is 15.0. The van der Waals surface area contributed by atoms with Crippen LogP contribution in [-0.4, -0.2) is 91.2 Å². The molecule has 2 rings (SSSR count). The van der Waals surface area contributed by atoms with Crippen molar-refractivity contribution in [3.63, 3.8) is 0 Å². The summed E-state index contributed by atoms with van der Waals surface area (Å²) in [7, 11) is 1.60. The number of carbonyl (C=O) groups excluding carboxylic acids is 5. The Balaban J connectivity index is 1.75. The van der Waals surface area contributed by atoms with Crippen LogP contribution in [0.1, 0.15) is 73.8 Å². The van der Waals surface area contributed by atoms with Crippen LogP contribution in [0.3, 0.4) is 0 Å². The van der Waals surface area contributed by atoms with Crippen molar-refractivity contribution in [2.75, 3.05) is 32.6 Å². The Morgan fingerprint density at radius 3 is 2.19 bits per heavy atom. The molecule has 1 unspecified atom stereocenters. The molecule has 3 atom stereocenters. The van der Waals surface area contributed by atoms with E-state index in [0.29, 0.717) is 13.0 Å². The highest BCUT2D eigenvalue weighted by atomic mass is 32.2. The van der Waals surface area contributed by atoms with Gasteiger partial charge in [0.1, 0.15) is 29.1 Å². The van der Waals surface area contributed by atoms with Crippen LogP contribution in [0, 0.1) is 5.41 Å². The first-order chi connectivity index (χ1) is 21.8. The number of alkyl carbamates (subject to hydrolysis) is 1. The van der Waals surface area contributed by atoms with Gasteiger partial charge in [0.15, 0.2) is 11.4 Å². The van der Waals surface area contributed by atoms with Crippen LogP contribution >= 0.6 is 11.8 Å². The molecule has 1 fully saturated rings. The van der Waals surface area contributed by atoms with E-state index in [1.807, 2.05) is 38.1 Å². The van der Waals surface area contributed by atoms with Gasteiger partial charge in [0.2, 0.25) is 11.8 Å². The first kappa shape index (κ1) is 39.8. The Morgan fingerprint density at radius 1 is 0.957 bits per heavy atom. The number of rotatable bonds is 14. The molecule has 0 spiro atoms. The van der Waals surface area contributed by atoms with Crippen LogP contribution in [0.25, 0.3) is 0 Å². The van der Waals surface area contributed by atoms with Crippen LogP contribution in [-0.2, 0) is 44.5 Å². The summed E-state index contributed by atoms with van der Waals surface area (Å²) in [6, 6.07) is 6.30. The number of hydrogen-bond donors (Lipinski definition) is 3. The minimum Gasteiger partial charge on any atom is -0.497 e. The van der Waals surface area contributed by atoms with Crippen molar-refractivity contribution in [1.29, 1.82) is 0 Å². The molecule has 0 bridgehead atoms. The maximum absolute atomic E-state index is 13.0. The van der Waals surface area contributed by atoms with Crippen LogP contribution in [0.2, 0.25) is 0 Å². The number of thioether (sulfide) groups is 1. The van der Waals surface area contributed by atoms with Gasteiger partial charge in [0.25, 0.3) is 0 Å². The zero-order valence-electron chi connectivity index (χ0n) is 29.0. The summed E-state index contributed by atoms with van der Waals surface area (Å²) in [6.45, 7) is 14.5. The highest BCUT2D eigenvalue weighted by Crippen LogP contribution is 2.31. The number of hydrogen-bond acceptors (Lipinski definition) is 11. The lowest BCUT2D eigenvalue weighted by Gasteiger charge is -2.41. The Hall–Kier alpha value is -3.36. The smallest absolute Gasteiger partial charge is 0.408 e. The summed E-state index contributed by atoms with van der Waals surface area (Å²) < 4.78 is 27.7.